The molecule has 4 nitrogen and oxygen atoms in total. The van der Waals surface area contributed by atoms with Crippen molar-refractivity contribution in [3.63, 3.8) is 0 Å². The number of benzene rings is 1. The molecule has 3 rings (SSSR count). The summed E-state index contributed by atoms with van der Waals surface area (Å²) in [6.07, 6.45) is 1.82. The van der Waals surface area contributed by atoms with Crippen LogP contribution in [0.4, 0.5) is 0 Å². The normalized spacial score (nSPS) is 16.5. The van der Waals surface area contributed by atoms with Crippen LogP contribution in [0.15, 0.2) is 48.7 Å². The summed E-state index contributed by atoms with van der Waals surface area (Å²) in [5, 5.41) is 3.09. The van der Waals surface area contributed by atoms with E-state index in [0.29, 0.717) is 6.54 Å². The minimum atomic E-state index is -0.217. The zero-order valence-corrected chi connectivity index (χ0v) is 14.8. The van der Waals surface area contributed by atoms with Crippen molar-refractivity contribution in [3.8, 4) is 0 Å². The Morgan fingerprint density at radius 1 is 1.21 bits per heavy atom. The molecule has 126 valence electrons. The molecule has 24 heavy (non-hydrogen) atoms. The highest BCUT2D eigenvalue weighted by Crippen LogP contribution is 2.24. The molecule has 0 aliphatic carbocycles. The Kier molecular flexibility index (Phi) is 5.88. The van der Waals surface area contributed by atoms with Crippen molar-refractivity contribution in [3.05, 3.63) is 65.5 Å². The molecule has 1 aliphatic heterocycles. The topological polar surface area (TPSA) is 45.2 Å². The Morgan fingerprint density at radius 3 is 2.62 bits per heavy atom. The number of amides is 1. The van der Waals surface area contributed by atoms with E-state index in [0.717, 1.165) is 41.4 Å². The largest absolute Gasteiger partial charge is 0.350 e. The van der Waals surface area contributed by atoms with E-state index in [4.69, 9.17) is 0 Å². The summed E-state index contributed by atoms with van der Waals surface area (Å²) in [4.78, 5) is 19.5. The minimum absolute atomic E-state index is 0.0636. The SMILES string of the molecule is Cc1ccc(CNC(=O)[C@H](c2ccccc2)N2CCSCC2)cn1. The summed E-state index contributed by atoms with van der Waals surface area (Å²) < 4.78 is 0. The van der Waals surface area contributed by atoms with E-state index in [1.807, 2.05) is 67.3 Å². The maximum absolute atomic E-state index is 12.9. The van der Waals surface area contributed by atoms with Crippen molar-refractivity contribution in [2.45, 2.75) is 19.5 Å². The summed E-state index contributed by atoms with van der Waals surface area (Å²) in [5.74, 6) is 2.23. The van der Waals surface area contributed by atoms with Gasteiger partial charge in [0.25, 0.3) is 0 Å². The van der Waals surface area contributed by atoms with Gasteiger partial charge in [-0.15, -0.1) is 0 Å². The number of thioether (sulfide) groups is 1. The molecule has 1 saturated heterocycles. The zero-order chi connectivity index (χ0) is 16.8. The molecule has 2 aromatic rings. The molecule has 1 aromatic carbocycles. The fourth-order valence-electron chi connectivity index (χ4n) is 2.89. The summed E-state index contributed by atoms with van der Waals surface area (Å²) in [7, 11) is 0. The van der Waals surface area contributed by atoms with Gasteiger partial charge in [-0.05, 0) is 24.1 Å². The number of hydrogen-bond donors (Lipinski definition) is 1. The van der Waals surface area contributed by atoms with E-state index in [9.17, 15) is 4.79 Å². The predicted octanol–water partition coefficient (Wildman–Crippen LogP) is 2.80. The van der Waals surface area contributed by atoms with Crippen LogP contribution in [-0.4, -0.2) is 40.4 Å². The van der Waals surface area contributed by atoms with Crippen LogP contribution in [0.25, 0.3) is 0 Å². The minimum Gasteiger partial charge on any atom is -0.350 e. The van der Waals surface area contributed by atoms with Crippen LogP contribution in [0, 0.1) is 6.92 Å². The van der Waals surface area contributed by atoms with E-state index in [1.54, 1.807) is 0 Å². The molecule has 1 fully saturated rings. The van der Waals surface area contributed by atoms with Crippen molar-refractivity contribution in [2.24, 2.45) is 0 Å². The molecular formula is C19H23N3OS. The Balaban J connectivity index is 1.72. The molecule has 5 heteroatoms. The zero-order valence-electron chi connectivity index (χ0n) is 13.9. The molecule has 1 N–H and O–H groups in total. The van der Waals surface area contributed by atoms with Gasteiger partial charge in [-0.2, -0.15) is 11.8 Å². The average molecular weight is 341 g/mol. The van der Waals surface area contributed by atoms with Crippen LogP contribution in [0.3, 0.4) is 0 Å². The highest BCUT2D eigenvalue weighted by molar-refractivity contribution is 7.99. The monoisotopic (exact) mass is 341 g/mol. The van der Waals surface area contributed by atoms with Crippen LogP contribution < -0.4 is 5.32 Å². The first kappa shape index (κ1) is 17.0. The van der Waals surface area contributed by atoms with Crippen molar-refractivity contribution >= 4 is 17.7 Å². The molecule has 1 aromatic heterocycles. The lowest BCUT2D eigenvalue weighted by molar-refractivity contribution is -0.126. The van der Waals surface area contributed by atoms with Crippen LogP contribution in [-0.2, 0) is 11.3 Å². The van der Waals surface area contributed by atoms with Crippen molar-refractivity contribution in [2.75, 3.05) is 24.6 Å². The van der Waals surface area contributed by atoms with E-state index < -0.39 is 0 Å². The van der Waals surface area contributed by atoms with Gasteiger partial charge in [-0.1, -0.05) is 36.4 Å². The number of carbonyl (C=O) groups is 1. The maximum atomic E-state index is 12.9. The summed E-state index contributed by atoms with van der Waals surface area (Å²) in [6.45, 7) is 4.37. The van der Waals surface area contributed by atoms with Crippen molar-refractivity contribution in [1.29, 1.82) is 0 Å². The van der Waals surface area contributed by atoms with E-state index in [1.165, 1.54) is 0 Å². The lowest BCUT2D eigenvalue weighted by atomic mass is 10.0. The summed E-state index contributed by atoms with van der Waals surface area (Å²) in [5.41, 5.74) is 3.07. The third-order valence-corrected chi connectivity index (χ3v) is 5.16. The molecule has 1 atom stereocenters. The van der Waals surface area contributed by atoms with Crippen LogP contribution >= 0.6 is 11.8 Å². The smallest absolute Gasteiger partial charge is 0.242 e. The van der Waals surface area contributed by atoms with E-state index in [2.05, 4.69) is 15.2 Å². The van der Waals surface area contributed by atoms with Gasteiger partial charge in [0.05, 0.1) is 0 Å². The number of hydrogen-bond acceptors (Lipinski definition) is 4. The summed E-state index contributed by atoms with van der Waals surface area (Å²) in [6, 6.07) is 13.8. The van der Waals surface area contributed by atoms with Gasteiger partial charge < -0.3 is 5.32 Å². The van der Waals surface area contributed by atoms with Crippen LogP contribution in [0.5, 0.6) is 0 Å². The van der Waals surface area contributed by atoms with Gasteiger partial charge >= 0.3 is 0 Å². The van der Waals surface area contributed by atoms with Crippen molar-refractivity contribution < 1.29 is 4.79 Å². The molecule has 0 radical (unpaired) electrons. The average Bonchev–Trinajstić information content (AvgIpc) is 2.63. The lowest BCUT2D eigenvalue weighted by Crippen LogP contribution is -2.44. The number of nitrogens with zero attached hydrogens (tertiary/aromatic N) is 2. The van der Waals surface area contributed by atoms with Gasteiger partial charge in [-0.25, -0.2) is 0 Å². The summed E-state index contributed by atoms with van der Waals surface area (Å²) >= 11 is 1.95. The molecule has 0 spiro atoms. The molecule has 0 saturated carbocycles. The fraction of sp³-hybridized carbons (Fsp3) is 0.368. The van der Waals surface area contributed by atoms with Gasteiger partial charge in [0.15, 0.2) is 0 Å². The molecular weight excluding hydrogens is 318 g/mol. The number of aryl methyl sites for hydroxylation is 1. The second kappa shape index (κ2) is 8.31. The van der Waals surface area contributed by atoms with E-state index >= 15 is 0 Å². The molecule has 2 heterocycles. The molecule has 1 amide bonds. The van der Waals surface area contributed by atoms with E-state index in [-0.39, 0.29) is 11.9 Å². The number of rotatable bonds is 5. The first-order chi connectivity index (χ1) is 11.7. The highest BCUT2D eigenvalue weighted by atomic mass is 32.2. The van der Waals surface area contributed by atoms with Gasteiger partial charge in [-0.3, -0.25) is 14.7 Å². The first-order valence-corrected chi connectivity index (χ1v) is 9.45. The molecule has 0 bridgehead atoms. The Hall–Kier alpha value is -1.85. The van der Waals surface area contributed by atoms with Crippen LogP contribution in [0.2, 0.25) is 0 Å². The second-order valence-corrected chi connectivity index (χ2v) is 7.21. The maximum Gasteiger partial charge on any atom is 0.242 e. The lowest BCUT2D eigenvalue weighted by Gasteiger charge is -2.33. The highest BCUT2D eigenvalue weighted by Gasteiger charge is 2.28. The number of aromatic nitrogens is 1. The van der Waals surface area contributed by atoms with Gasteiger partial charge in [0.1, 0.15) is 6.04 Å². The number of nitrogens with one attached hydrogen (secondary N) is 1. The number of pyridine rings is 1. The molecule has 1 aliphatic rings. The second-order valence-electron chi connectivity index (χ2n) is 5.99. The Labute approximate surface area is 147 Å². The number of carbonyl (C=O) groups excluding carboxylic acids is 1. The van der Waals surface area contributed by atoms with Gasteiger partial charge in [0.2, 0.25) is 5.91 Å². The third kappa shape index (κ3) is 4.36. The Bertz CT molecular complexity index is 654. The predicted molar refractivity (Wildman–Crippen MR) is 98.9 cm³/mol. The first-order valence-electron chi connectivity index (χ1n) is 8.30. The molecule has 0 unspecified atom stereocenters. The third-order valence-electron chi connectivity index (χ3n) is 4.21. The Morgan fingerprint density at radius 2 is 1.96 bits per heavy atom. The van der Waals surface area contributed by atoms with Gasteiger partial charge in [0, 0.05) is 43.0 Å². The van der Waals surface area contributed by atoms with Crippen molar-refractivity contribution in [1.82, 2.24) is 15.2 Å². The van der Waals surface area contributed by atoms with Crippen LogP contribution in [0.1, 0.15) is 22.9 Å². The standard InChI is InChI=1S/C19H23N3OS/c1-15-7-8-16(13-20-15)14-21-19(23)18(17-5-3-2-4-6-17)22-9-11-24-12-10-22/h2-8,13,18H,9-12,14H2,1H3,(H,21,23)/t18-/m0/s1. The fourth-order valence-corrected chi connectivity index (χ4v) is 3.82. The quantitative estimate of drug-likeness (QED) is 0.908.